The molecule has 5 N–H and O–H groups in total. The molecule has 0 amide bonds. The van der Waals surface area contributed by atoms with Gasteiger partial charge in [0, 0.05) is 18.2 Å². The number of nitrogens with two attached hydrogens (primary N) is 1. The highest BCUT2D eigenvalue weighted by atomic mass is 16.3. The summed E-state index contributed by atoms with van der Waals surface area (Å²) in [6, 6.07) is 3.02. The number of phenolic OH excluding ortho intramolecular Hbond substituents is 2. The third kappa shape index (κ3) is 0.967. The maximum atomic E-state index is 9.15. The first kappa shape index (κ1) is 7.24. The second-order valence-corrected chi connectivity index (χ2v) is 2.95. The summed E-state index contributed by atoms with van der Waals surface area (Å²) in [4.78, 5) is 0. The number of benzene rings is 1. The van der Waals surface area contributed by atoms with E-state index < -0.39 is 0 Å². The van der Waals surface area contributed by atoms with Gasteiger partial charge in [-0.05, 0) is 11.6 Å². The van der Waals surface area contributed by atoms with Gasteiger partial charge < -0.3 is 21.3 Å². The maximum Gasteiger partial charge on any atom is 0.159 e. The molecule has 4 nitrogen and oxygen atoms in total. The van der Waals surface area contributed by atoms with Crippen LogP contribution < -0.4 is 11.1 Å². The van der Waals surface area contributed by atoms with Crippen LogP contribution in [-0.4, -0.2) is 16.4 Å². The van der Waals surface area contributed by atoms with Gasteiger partial charge in [0.15, 0.2) is 11.5 Å². The molecule has 0 saturated heterocycles. The summed E-state index contributed by atoms with van der Waals surface area (Å²) in [6.45, 7) is 0. The molecular formula is C8H10N2O2. The number of fused-ring (bicyclic) bond motifs is 1. The lowest BCUT2D eigenvalue weighted by molar-refractivity contribution is 0.403. The first-order valence-electron chi connectivity index (χ1n) is 3.74. The Balaban J connectivity index is 2.48. The van der Waals surface area contributed by atoms with Crippen molar-refractivity contribution in [2.75, 3.05) is 5.32 Å². The van der Waals surface area contributed by atoms with Gasteiger partial charge >= 0.3 is 0 Å². The Morgan fingerprint density at radius 1 is 1.33 bits per heavy atom. The predicted molar refractivity (Wildman–Crippen MR) is 45.1 cm³/mol. The summed E-state index contributed by atoms with van der Waals surface area (Å²) < 4.78 is 0. The minimum absolute atomic E-state index is 0.0929. The van der Waals surface area contributed by atoms with Crippen LogP contribution in [0.4, 0.5) is 5.69 Å². The predicted octanol–water partition coefficient (Wildman–Crippen LogP) is 0.351. The summed E-state index contributed by atoms with van der Waals surface area (Å²) in [7, 11) is 0. The van der Waals surface area contributed by atoms with E-state index in [-0.39, 0.29) is 17.7 Å². The van der Waals surface area contributed by atoms with E-state index in [4.69, 9.17) is 15.9 Å². The van der Waals surface area contributed by atoms with Gasteiger partial charge in [0.1, 0.15) is 0 Å². The SMILES string of the molecule is NC1Cc2cc(O)c(O)cc2N1. The van der Waals surface area contributed by atoms with Crippen molar-refractivity contribution in [1.29, 1.82) is 0 Å². The molecule has 1 unspecified atom stereocenters. The lowest BCUT2D eigenvalue weighted by atomic mass is 10.1. The summed E-state index contributed by atoms with van der Waals surface area (Å²) >= 11 is 0. The van der Waals surface area contributed by atoms with Gasteiger partial charge in [-0.1, -0.05) is 0 Å². The van der Waals surface area contributed by atoms with E-state index in [1.165, 1.54) is 12.1 Å². The van der Waals surface area contributed by atoms with Crippen molar-refractivity contribution in [1.82, 2.24) is 0 Å². The van der Waals surface area contributed by atoms with Crippen LogP contribution in [0.3, 0.4) is 0 Å². The number of anilines is 1. The Morgan fingerprint density at radius 3 is 2.75 bits per heavy atom. The normalized spacial score (nSPS) is 20.2. The van der Waals surface area contributed by atoms with Gasteiger partial charge in [-0.2, -0.15) is 0 Å². The largest absolute Gasteiger partial charge is 0.504 e. The van der Waals surface area contributed by atoms with Crippen LogP contribution in [0.15, 0.2) is 12.1 Å². The van der Waals surface area contributed by atoms with Gasteiger partial charge in [-0.15, -0.1) is 0 Å². The second kappa shape index (κ2) is 2.28. The molecule has 0 aromatic heterocycles. The molecule has 0 radical (unpaired) electrons. The van der Waals surface area contributed by atoms with Crippen molar-refractivity contribution in [3.05, 3.63) is 17.7 Å². The van der Waals surface area contributed by atoms with Crippen molar-refractivity contribution in [2.45, 2.75) is 12.6 Å². The van der Waals surface area contributed by atoms with Crippen LogP contribution >= 0.6 is 0 Å². The molecule has 0 aliphatic carbocycles. The van der Waals surface area contributed by atoms with Crippen molar-refractivity contribution in [3.63, 3.8) is 0 Å². The molecule has 1 atom stereocenters. The molecule has 64 valence electrons. The van der Waals surface area contributed by atoms with E-state index >= 15 is 0 Å². The monoisotopic (exact) mass is 166 g/mol. The molecule has 1 aliphatic rings. The molecule has 1 heterocycles. The highest BCUT2D eigenvalue weighted by Crippen LogP contribution is 2.34. The number of aromatic hydroxyl groups is 2. The zero-order chi connectivity index (χ0) is 8.72. The van der Waals surface area contributed by atoms with Crippen LogP contribution in [0.2, 0.25) is 0 Å². The minimum Gasteiger partial charge on any atom is -0.504 e. The van der Waals surface area contributed by atoms with Gasteiger partial charge in [0.2, 0.25) is 0 Å². The van der Waals surface area contributed by atoms with Gasteiger partial charge in [0.05, 0.1) is 6.17 Å². The fourth-order valence-corrected chi connectivity index (χ4v) is 1.41. The van der Waals surface area contributed by atoms with E-state index in [9.17, 15) is 0 Å². The van der Waals surface area contributed by atoms with Crippen molar-refractivity contribution in [3.8, 4) is 11.5 Å². The van der Waals surface area contributed by atoms with Crippen molar-refractivity contribution in [2.24, 2.45) is 5.73 Å². The zero-order valence-corrected chi connectivity index (χ0v) is 6.41. The molecule has 12 heavy (non-hydrogen) atoms. The number of nitrogens with one attached hydrogen (secondary N) is 1. The maximum absolute atomic E-state index is 9.15. The number of phenols is 2. The standard InChI is InChI=1S/C8H10N2O2/c9-8-2-4-1-6(11)7(12)3-5(4)10-8/h1,3,8,10-12H,2,9H2. The summed E-state index contributed by atoms with van der Waals surface area (Å²) in [5.41, 5.74) is 7.36. The second-order valence-electron chi connectivity index (χ2n) is 2.95. The number of hydrogen-bond donors (Lipinski definition) is 4. The quantitative estimate of drug-likeness (QED) is 0.331. The molecule has 1 aromatic carbocycles. The molecule has 1 aromatic rings. The highest BCUT2D eigenvalue weighted by Gasteiger charge is 2.18. The molecule has 1 aliphatic heterocycles. The third-order valence-electron chi connectivity index (χ3n) is 1.98. The Labute approximate surface area is 69.6 Å². The third-order valence-corrected chi connectivity index (χ3v) is 1.98. The average Bonchev–Trinajstić information content (AvgIpc) is 2.30. The van der Waals surface area contributed by atoms with E-state index in [0.29, 0.717) is 6.42 Å². The van der Waals surface area contributed by atoms with E-state index in [2.05, 4.69) is 5.32 Å². The van der Waals surface area contributed by atoms with E-state index in [0.717, 1.165) is 11.3 Å². The van der Waals surface area contributed by atoms with Crippen LogP contribution in [0.1, 0.15) is 5.56 Å². The highest BCUT2D eigenvalue weighted by molar-refractivity contribution is 5.63. The average molecular weight is 166 g/mol. The molecule has 0 fully saturated rings. The van der Waals surface area contributed by atoms with Gasteiger partial charge in [0.25, 0.3) is 0 Å². The molecule has 0 spiro atoms. The van der Waals surface area contributed by atoms with Crippen molar-refractivity contribution < 1.29 is 10.2 Å². The lowest BCUT2D eigenvalue weighted by Gasteiger charge is -2.03. The van der Waals surface area contributed by atoms with E-state index in [1.807, 2.05) is 0 Å². The molecule has 2 rings (SSSR count). The Bertz CT molecular complexity index is 294. The molecule has 0 saturated carbocycles. The van der Waals surface area contributed by atoms with Crippen molar-refractivity contribution >= 4 is 5.69 Å². The van der Waals surface area contributed by atoms with Gasteiger partial charge in [-0.3, -0.25) is 0 Å². The zero-order valence-electron chi connectivity index (χ0n) is 6.41. The Kier molecular flexibility index (Phi) is 1.38. The lowest BCUT2D eigenvalue weighted by Crippen LogP contribution is -2.25. The fraction of sp³-hybridized carbons (Fsp3) is 0.250. The Hall–Kier alpha value is -1.42. The minimum atomic E-state index is -0.115. The van der Waals surface area contributed by atoms with Crippen LogP contribution in [0.5, 0.6) is 11.5 Å². The van der Waals surface area contributed by atoms with Crippen LogP contribution in [0, 0.1) is 0 Å². The number of rotatable bonds is 0. The number of hydrogen-bond acceptors (Lipinski definition) is 4. The summed E-state index contributed by atoms with van der Waals surface area (Å²) in [6.07, 6.45) is 0.574. The molecular weight excluding hydrogens is 156 g/mol. The first-order chi connectivity index (χ1) is 5.66. The Morgan fingerprint density at radius 2 is 2.00 bits per heavy atom. The molecule has 0 bridgehead atoms. The molecule has 4 heteroatoms. The van der Waals surface area contributed by atoms with Gasteiger partial charge in [-0.25, -0.2) is 0 Å². The topological polar surface area (TPSA) is 78.5 Å². The van der Waals surface area contributed by atoms with E-state index in [1.54, 1.807) is 0 Å². The fourth-order valence-electron chi connectivity index (χ4n) is 1.41. The van der Waals surface area contributed by atoms with Crippen LogP contribution in [-0.2, 0) is 6.42 Å². The summed E-state index contributed by atoms with van der Waals surface area (Å²) in [5.74, 6) is -0.208. The first-order valence-corrected chi connectivity index (χ1v) is 3.74. The van der Waals surface area contributed by atoms with Crippen LogP contribution in [0.25, 0.3) is 0 Å². The smallest absolute Gasteiger partial charge is 0.159 e. The summed E-state index contributed by atoms with van der Waals surface area (Å²) in [5, 5.41) is 21.3.